The number of hydrogen-bond donors (Lipinski definition) is 6. The van der Waals surface area contributed by atoms with Crippen molar-refractivity contribution in [1.29, 1.82) is 0 Å². The SMILES string of the molecule is CNC(=O)CCC(NC(=O)CCCCCCCCCCCCCCCCC(=O)O)C(=O)NC(CC(=O)O)C(=O)O. The Balaban J connectivity index is 4.12. The minimum absolute atomic E-state index is 0.0521. The second kappa shape index (κ2) is 23.7. The Morgan fingerprint density at radius 1 is 0.525 bits per heavy atom. The van der Waals surface area contributed by atoms with Crippen LogP contribution in [0.25, 0.3) is 0 Å². The van der Waals surface area contributed by atoms with Gasteiger partial charge in [0.05, 0.1) is 6.42 Å². The van der Waals surface area contributed by atoms with Crippen molar-refractivity contribution in [2.24, 2.45) is 0 Å². The van der Waals surface area contributed by atoms with Crippen LogP contribution in [0.2, 0.25) is 0 Å². The summed E-state index contributed by atoms with van der Waals surface area (Å²) in [7, 11) is 1.43. The van der Waals surface area contributed by atoms with Crippen molar-refractivity contribution >= 4 is 35.6 Å². The van der Waals surface area contributed by atoms with Crippen molar-refractivity contribution in [2.45, 2.75) is 134 Å². The summed E-state index contributed by atoms with van der Waals surface area (Å²) in [6, 6.07) is -2.80. The number of carboxylic acid groups (broad SMARTS) is 3. The Labute approximate surface area is 237 Å². The molecule has 2 unspecified atom stereocenters. The molecule has 0 aromatic carbocycles. The number of carboxylic acids is 3. The standard InChI is InChI=1S/C28H49N3O9/c1-29-23(32)19-18-21(27(38)31-22(28(39)40)20-26(36)37)30-24(33)16-14-12-10-8-6-4-2-3-5-7-9-11-13-15-17-25(34)35/h21-22H,2-20H2,1H3,(H,29,32)(H,30,33)(H,31,38)(H,34,35)(H,36,37)(H,39,40). The molecule has 40 heavy (non-hydrogen) atoms. The van der Waals surface area contributed by atoms with Gasteiger partial charge >= 0.3 is 17.9 Å². The summed E-state index contributed by atoms with van der Waals surface area (Å²) >= 11 is 0. The summed E-state index contributed by atoms with van der Waals surface area (Å²) in [5.74, 6) is -5.20. The van der Waals surface area contributed by atoms with Crippen LogP contribution in [-0.2, 0) is 28.8 Å². The Morgan fingerprint density at radius 3 is 1.38 bits per heavy atom. The van der Waals surface area contributed by atoms with Crippen LogP contribution in [0, 0.1) is 0 Å². The van der Waals surface area contributed by atoms with E-state index in [4.69, 9.17) is 15.3 Å². The number of carbonyl (C=O) groups is 6. The quantitative estimate of drug-likeness (QED) is 0.0842. The van der Waals surface area contributed by atoms with Gasteiger partial charge in [-0.1, -0.05) is 77.0 Å². The normalized spacial score (nSPS) is 12.2. The van der Waals surface area contributed by atoms with Crippen molar-refractivity contribution in [3.05, 3.63) is 0 Å². The first kappa shape index (κ1) is 36.8. The lowest BCUT2D eigenvalue weighted by atomic mass is 10.0. The van der Waals surface area contributed by atoms with Crippen LogP contribution in [0.3, 0.4) is 0 Å². The fourth-order valence-corrected chi connectivity index (χ4v) is 4.27. The lowest BCUT2D eigenvalue weighted by molar-refractivity contribution is -0.147. The molecule has 0 aromatic rings. The van der Waals surface area contributed by atoms with E-state index in [9.17, 15) is 28.8 Å². The van der Waals surface area contributed by atoms with Crippen molar-refractivity contribution in [3.63, 3.8) is 0 Å². The van der Waals surface area contributed by atoms with Gasteiger partial charge < -0.3 is 31.3 Å². The van der Waals surface area contributed by atoms with Crippen molar-refractivity contribution in [2.75, 3.05) is 7.05 Å². The van der Waals surface area contributed by atoms with Gasteiger partial charge in [0.2, 0.25) is 17.7 Å². The minimum Gasteiger partial charge on any atom is -0.481 e. The minimum atomic E-state index is -1.65. The van der Waals surface area contributed by atoms with Crippen molar-refractivity contribution < 1.29 is 44.1 Å². The van der Waals surface area contributed by atoms with Crippen LogP contribution in [0.15, 0.2) is 0 Å². The number of carbonyl (C=O) groups excluding carboxylic acids is 3. The molecular weight excluding hydrogens is 522 g/mol. The Hall–Kier alpha value is -3.18. The molecule has 12 nitrogen and oxygen atoms in total. The van der Waals surface area contributed by atoms with Crippen LogP contribution in [0.1, 0.15) is 122 Å². The summed E-state index contributed by atoms with van der Waals surface area (Å²) in [6.07, 6.45) is 14.3. The first-order valence-electron chi connectivity index (χ1n) is 14.5. The Bertz CT molecular complexity index is 789. The Morgan fingerprint density at radius 2 is 0.975 bits per heavy atom. The molecular formula is C28H49N3O9. The highest BCUT2D eigenvalue weighted by molar-refractivity contribution is 5.92. The molecule has 0 aliphatic heterocycles. The summed E-state index contributed by atoms with van der Waals surface area (Å²) in [5.41, 5.74) is 0. The van der Waals surface area contributed by atoms with E-state index in [-0.39, 0.29) is 37.5 Å². The van der Waals surface area contributed by atoms with Crippen LogP contribution >= 0.6 is 0 Å². The molecule has 3 amide bonds. The fourth-order valence-electron chi connectivity index (χ4n) is 4.27. The monoisotopic (exact) mass is 571 g/mol. The van der Waals surface area contributed by atoms with Crippen molar-refractivity contribution in [1.82, 2.24) is 16.0 Å². The van der Waals surface area contributed by atoms with Gasteiger partial charge in [-0.05, 0) is 19.3 Å². The van der Waals surface area contributed by atoms with Crippen LogP contribution in [-0.4, -0.2) is 70.1 Å². The third-order valence-corrected chi connectivity index (χ3v) is 6.63. The largest absolute Gasteiger partial charge is 0.481 e. The van der Waals surface area contributed by atoms with E-state index in [1.165, 1.54) is 45.6 Å². The van der Waals surface area contributed by atoms with Gasteiger partial charge in [-0.15, -0.1) is 0 Å². The van der Waals surface area contributed by atoms with Gasteiger partial charge in [-0.2, -0.15) is 0 Å². The Kier molecular flexibility index (Phi) is 21.8. The summed E-state index contributed by atoms with van der Waals surface area (Å²) in [5, 5.41) is 33.7. The highest BCUT2D eigenvalue weighted by Crippen LogP contribution is 2.14. The molecule has 12 heteroatoms. The zero-order valence-corrected chi connectivity index (χ0v) is 23.9. The van der Waals surface area contributed by atoms with E-state index in [1.54, 1.807) is 0 Å². The van der Waals surface area contributed by atoms with E-state index in [1.807, 2.05) is 0 Å². The summed E-state index contributed by atoms with van der Waals surface area (Å²) < 4.78 is 0. The van der Waals surface area contributed by atoms with Crippen molar-refractivity contribution in [3.8, 4) is 0 Å². The molecule has 0 spiro atoms. The second-order valence-electron chi connectivity index (χ2n) is 10.2. The van der Waals surface area contributed by atoms with E-state index in [0.717, 1.165) is 44.9 Å². The maximum absolute atomic E-state index is 12.6. The number of nitrogens with one attached hydrogen (secondary N) is 3. The number of rotatable bonds is 26. The van der Waals surface area contributed by atoms with Gasteiger partial charge in [-0.25, -0.2) is 4.79 Å². The third-order valence-electron chi connectivity index (χ3n) is 6.63. The van der Waals surface area contributed by atoms with E-state index in [2.05, 4.69) is 16.0 Å². The average Bonchev–Trinajstić information content (AvgIpc) is 2.89. The van der Waals surface area contributed by atoms with Crippen LogP contribution in [0.5, 0.6) is 0 Å². The smallest absolute Gasteiger partial charge is 0.326 e. The molecule has 0 rings (SSSR count). The van der Waals surface area contributed by atoms with Gasteiger partial charge in [0.25, 0.3) is 0 Å². The third kappa shape index (κ3) is 21.7. The topological polar surface area (TPSA) is 199 Å². The van der Waals surface area contributed by atoms with Crippen LogP contribution < -0.4 is 16.0 Å². The van der Waals surface area contributed by atoms with E-state index in [0.29, 0.717) is 6.42 Å². The van der Waals surface area contributed by atoms with Gasteiger partial charge in [0.1, 0.15) is 12.1 Å². The highest BCUT2D eigenvalue weighted by Gasteiger charge is 2.28. The molecule has 0 saturated carbocycles. The van der Waals surface area contributed by atoms with Gasteiger partial charge in [0, 0.05) is 26.3 Å². The van der Waals surface area contributed by atoms with Gasteiger partial charge in [0.15, 0.2) is 0 Å². The maximum atomic E-state index is 12.6. The first-order valence-corrected chi connectivity index (χ1v) is 14.5. The number of hydrogen-bond acceptors (Lipinski definition) is 6. The molecule has 6 N–H and O–H groups in total. The molecule has 2 atom stereocenters. The number of aliphatic carboxylic acids is 3. The zero-order chi connectivity index (χ0) is 30.2. The molecule has 0 fully saturated rings. The molecule has 0 bridgehead atoms. The number of amides is 3. The lowest BCUT2D eigenvalue weighted by Crippen LogP contribution is -2.52. The molecule has 0 heterocycles. The summed E-state index contributed by atoms with van der Waals surface area (Å²) in [6.45, 7) is 0. The molecule has 230 valence electrons. The maximum Gasteiger partial charge on any atom is 0.326 e. The second-order valence-corrected chi connectivity index (χ2v) is 10.2. The molecule has 0 radical (unpaired) electrons. The number of unbranched alkanes of at least 4 members (excludes halogenated alkanes) is 13. The summed E-state index contributed by atoms with van der Waals surface area (Å²) in [4.78, 5) is 69.2. The zero-order valence-electron chi connectivity index (χ0n) is 23.9. The lowest BCUT2D eigenvalue weighted by Gasteiger charge is -2.20. The highest BCUT2D eigenvalue weighted by atomic mass is 16.4. The predicted octanol–water partition coefficient (Wildman–Crippen LogP) is 3.37. The molecule has 0 aliphatic rings. The molecule has 0 saturated heterocycles. The average molecular weight is 572 g/mol. The first-order chi connectivity index (χ1) is 19.1. The fraction of sp³-hybridized carbons (Fsp3) is 0.786. The van der Waals surface area contributed by atoms with E-state index >= 15 is 0 Å². The predicted molar refractivity (Wildman–Crippen MR) is 149 cm³/mol. The van der Waals surface area contributed by atoms with E-state index < -0.39 is 42.3 Å². The van der Waals surface area contributed by atoms with Gasteiger partial charge in [-0.3, -0.25) is 24.0 Å². The van der Waals surface area contributed by atoms with Crippen LogP contribution in [0.4, 0.5) is 0 Å². The molecule has 0 aliphatic carbocycles. The molecule has 0 aromatic heterocycles.